The van der Waals surface area contributed by atoms with Crippen LogP contribution in [0.5, 0.6) is 0 Å². The Hall–Kier alpha value is -2.21. The zero-order valence-electron chi connectivity index (χ0n) is 15.5. The second kappa shape index (κ2) is 7.99. The first-order valence-electron chi connectivity index (χ1n) is 9.10. The van der Waals surface area contributed by atoms with E-state index in [9.17, 15) is 9.59 Å². The summed E-state index contributed by atoms with van der Waals surface area (Å²) in [5, 5.41) is 2.88. The molecule has 2 aromatic heterocycles. The Balaban J connectivity index is 1.65. The number of aromatic nitrogens is 1. The molecule has 6 heteroatoms. The molecule has 5 nitrogen and oxygen atoms in total. The van der Waals surface area contributed by atoms with Gasteiger partial charge in [0.2, 0.25) is 5.91 Å². The van der Waals surface area contributed by atoms with Gasteiger partial charge in [-0.2, -0.15) is 0 Å². The number of hydrogen-bond donors (Lipinski definition) is 1. The van der Waals surface area contributed by atoms with Gasteiger partial charge in [0.05, 0.1) is 10.8 Å². The summed E-state index contributed by atoms with van der Waals surface area (Å²) >= 11 is 1.57. The number of anilines is 1. The Morgan fingerprint density at radius 2 is 2.15 bits per heavy atom. The third-order valence-corrected chi connectivity index (χ3v) is 6.16. The van der Waals surface area contributed by atoms with Crippen LogP contribution in [-0.4, -0.2) is 34.8 Å². The number of carbonyl (C=O) groups excluding carboxylic acids is 2. The van der Waals surface area contributed by atoms with Gasteiger partial charge >= 0.3 is 0 Å². The van der Waals surface area contributed by atoms with Crippen LogP contribution in [0, 0.1) is 19.8 Å². The second-order valence-electron chi connectivity index (χ2n) is 6.87. The minimum atomic E-state index is -0.192. The first kappa shape index (κ1) is 18.6. The van der Waals surface area contributed by atoms with Crippen molar-refractivity contribution in [1.29, 1.82) is 0 Å². The normalized spacial score (nSPS) is 17.2. The fourth-order valence-electron chi connectivity index (χ4n) is 3.28. The molecule has 1 N–H and O–H groups in total. The molecule has 1 atom stereocenters. The number of rotatable bonds is 4. The van der Waals surface area contributed by atoms with Crippen molar-refractivity contribution in [1.82, 2.24) is 9.88 Å². The van der Waals surface area contributed by atoms with Crippen LogP contribution in [0.15, 0.2) is 24.4 Å². The zero-order valence-corrected chi connectivity index (χ0v) is 16.4. The number of carbonyl (C=O) groups is 2. The summed E-state index contributed by atoms with van der Waals surface area (Å²) < 4.78 is 0. The number of hydrogen-bond acceptors (Lipinski definition) is 4. The van der Waals surface area contributed by atoms with Gasteiger partial charge in [-0.3, -0.25) is 9.59 Å². The van der Waals surface area contributed by atoms with E-state index in [0.29, 0.717) is 18.9 Å². The standard InChI is InChI=1S/C20H25N3O2S/c1-4-16-14(3)10-17(26-16)20(25)23-9-5-6-15(12-23)19(24)22-18-8-7-13(2)11-21-18/h7-8,10-11,15H,4-6,9,12H2,1-3H3,(H,21,22,24). The largest absolute Gasteiger partial charge is 0.337 e. The lowest BCUT2D eigenvalue weighted by Crippen LogP contribution is -2.43. The highest BCUT2D eigenvalue weighted by Crippen LogP contribution is 2.26. The Morgan fingerprint density at radius 3 is 2.81 bits per heavy atom. The van der Waals surface area contributed by atoms with E-state index in [0.717, 1.165) is 29.7 Å². The van der Waals surface area contributed by atoms with E-state index in [4.69, 9.17) is 0 Å². The van der Waals surface area contributed by atoms with Crippen molar-refractivity contribution in [2.75, 3.05) is 18.4 Å². The predicted molar refractivity (Wildman–Crippen MR) is 105 cm³/mol. The topological polar surface area (TPSA) is 62.3 Å². The summed E-state index contributed by atoms with van der Waals surface area (Å²) in [6.07, 6.45) is 4.32. The van der Waals surface area contributed by atoms with E-state index in [1.807, 2.05) is 30.9 Å². The van der Waals surface area contributed by atoms with Crippen molar-refractivity contribution in [2.45, 2.75) is 40.0 Å². The molecule has 1 unspecified atom stereocenters. The van der Waals surface area contributed by atoms with Crippen LogP contribution in [0.2, 0.25) is 0 Å². The van der Waals surface area contributed by atoms with Crippen molar-refractivity contribution in [3.8, 4) is 0 Å². The molecule has 26 heavy (non-hydrogen) atoms. The highest BCUT2D eigenvalue weighted by molar-refractivity contribution is 7.14. The SMILES string of the molecule is CCc1sc(C(=O)N2CCCC(C(=O)Nc3ccc(C)cn3)C2)cc1C. The average Bonchev–Trinajstić information content (AvgIpc) is 3.04. The number of aryl methyl sites for hydroxylation is 3. The summed E-state index contributed by atoms with van der Waals surface area (Å²) in [4.78, 5) is 33.5. The van der Waals surface area contributed by atoms with E-state index >= 15 is 0 Å². The Bertz CT molecular complexity index is 798. The smallest absolute Gasteiger partial charge is 0.263 e. The van der Waals surface area contributed by atoms with Crippen LogP contribution in [0.25, 0.3) is 0 Å². The molecule has 0 aromatic carbocycles. The van der Waals surface area contributed by atoms with E-state index in [-0.39, 0.29) is 17.7 Å². The van der Waals surface area contributed by atoms with Gasteiger partial charge in [0.25, 0.3) is 5.91 Å². The molecule has 1 saturated heterocycles. The lowest BCUT2D eigenvalue weighted by molar-refractivity contribution is -0.121. The maximum Gasteiger partial charge on any atom is 0.263 e. The molecular formula is C20H25N3O2S. The van der Waals surface area contributed by atoms with Gasteiger partial charge in [-0.25, -0.2) is 4.98 Å². The van der Waals surface area contributed by atoms with Gasteiger partial charge < -0.3 is 10.2 Å². The molecule has 3 rings (SSSR count). The number of likely N-dealkylation sites (tertiary alicyclic amines) is 1. The van der Waals surface area contributed by atoms with Crippen molar-refractivity contribution < 1.29 is 9.59 Å². The molecule has 1 aliphatic rings. The lowest BCUT2D eigenvalue weighted by atomic mass is 9.97. The highest BCUT2D eigenvalue weighted by atomic mass is 32.1. The fourth-order valence-corrected chi connectivity index (χ4v) is 4.36. The van der Waals surface area contributed by atoms with Crippen LogP contribution in [0.1, 0.15) is 45.4 Å². The molecule has 0 bridgehead atoms. The lowest BCUT2D eigenvalue weighted by Gasteiger charge is -2.31. The summed E-state index contributed by atoms with van der Waals surface area (Å²) in [7, 11) is 0. The van der Waals surface area contributed by atoms with E-state index in [1.54, 1.807) is 23.6 Å². The molecule has 1 fully saturated rings. The molecule has 3 heterocycles. The number of pyridine rings is 1. The molecule has 0 spiro atoms. The van der Waals surface area contributed by atoms with Crippen molar-refractivity contribution in [3.63, 3.8) is 0 Å². The van der Waals surface area contributed by atoms with Gasteiger partial charge in [0, 0.05) is 24.2 Å². The quantitative estimate of drug-likeness (QED) is 0.889. The third-order valence-electron chi connectivity index (χ3n) is 4.79. The molecule has 2 aromatic rings. The minimum absolute atomic E-state index is 0.0451. The summed E-state index contributed by atoms with van der Waals surface area (Å²) in [5.41, 5.74) is 2.23. The third kappa shape index (κ3) is 4.12. The monoisotopic (exact) mass is 371 g/mol. The van der Waals surface area contributed by atoms with Crippen LogP contribution < -0.4 is 5.32 Å². The Morgan fingerprint density at radius 1 is 1.35 bits per heavy atom. The van der Waals surface area contributed by atoms with Gasteiger partial charge in [-0.05, 0) is 56.4 Å². The average molecular weight is 372 g/mol. The Labute approximate surface area is 158 Å². The fraction of sp³-hybridized carbons (Fsp3) is 0.450. The molecule has 0 saturated carbocycles. The molecular weight excluding hydrogens is 346 g/mol. The van der Waals surface area contributed by atoms with Crippen LogP contribution in [0.4, 0.5) is 5.82 Å². The van der Waals surface area contributed by atoms with E-state index in [1.165, 1.54) is 10.4 Å². The summed E-state index contributed by atoms with van der Waals surface area (Å²) in [6.45, 7) is 7.29. The highest BCUT2D eigenvalue weighted by Gasteiger charge is 2.30. The van der Waals surface area contributed by atoms with Crippen LogP contribution >= 0.6 is 11.3 Å². The number of thiophene rings is 1. The maximum atomic E-state index is 12.8. The van der Waals surface area contributed by atoms with Crippen LogP contribution in [-0.2, 0) is 11.2 Å². The maximum absolute atomic E-state index is 12.8. The van der Waals surface area contributed by atoms with Crippen LogP contribution in [0.3, 0.4) is 0 Å². The van der Waals surface area contributed by atoms with Gasteiger partial charge in [-0.1, -0.05) is 13.0 Å². The zero-order chi connectivity index (χ0) is 18.7. The molecule has 2 amide bonds. The van der Waals surface area contributed by atoms with Gasteiger partial charge in [0.15, 0.2) is 0 Å². The minimum Gasteiger partial charge on any atom is -0.337 e. The predicted octanol–water partition coefficient (Wildman–Crippen LogP) is 3.81. The number of piperidine rings is 1. The van der Waals surface area contributed by atoms with E-state index in [2.05, 4.69) is 17.2 Å². The van der Waals surface area contributed by atoms with Crippen molar-refractivity contribution >= 4 is 29.0 Å². The number of nitrogens with one attached hydrogen (secondary N) is 1. The van der Waals surface area contributed by atoms with E-state index < -0.39 is 0 Å². The Kier molecular flexibility index (Phi) is 5.71. The summed E-state index contributed by atoms with van der Waals surface area (Å²) in [5.74, 6) is 0.354. The first-order valence-corrected chi connectivity index (χ1v) is 9.91. The molecule has 0 aliphatic carbocycles. The first-order chi connectivity index (χ1) is 12.5. The molecule has 0 radical (unpaired) electrons. The van der Waals surface area contributed by atoms with Crippen molar-refractivity contribution in [2.24, 2.45) is 5.92 Å². The van der Waals surface area contributed by atoms with Crippen molar-refractivity contribution in [3.05, 3.63) is 45.3 Å². The number of nitrogens with zero attached hydrogens (tertiary/aromatic N) is 2. The van der Waals surface area contributed by atoms with Gasteiger partial charge in [0.1, 0.15) is 5.82 Å². The van der Waals surface area contributed by atoms with Gasteiger partial charge in [-0.15, -0.1) is 11.3 Å². The molecule has 138 valence electrons. The second-order valence-corrected chi connectivity index (χ2v) is 8.01. The summed E-state index contributed by atoms with van der Waals surface area (Å²) in [6, 6.07) is 5.70. The molecule has 1 aliphatic heterocycles. The number of amides is 2.